The van der Waals surface area contributed by atoms with Gasteiger partial charge in [0.15, 0.2) is 0 Å². The second-order valence-corrected chi connectivity index (χ2v) is 8.32. The molecule has 0 bridgehead atoms. The summed E-state index contributed by atoms with van der Waals surface area (Å²) in [6.07, 6.45) is 0. The normalized spacial score (nSPS) is 9.89. The quantitative estimate of drug-likeness (QED) is 0.321. The number of aryl methyl sites for hydroxylation is 2. The van der Waals surface area contributed by atoms with Crippen LogP contribution in [0.4, 0.5) is 0 Å². The van der Waals surface area contributed by atoms with Gasteiger partial charge in [0.1, 0.15) is 11.5 Å². The minimum Gasteiger partial charge on any atom is -0.457 e. The Labute approximate surface area is 218 Å². The van der Waals surface area contributed by atoms with E-state index in [1.807, 2.05) is 98.8 Å². The molecule has 0 aromatic heterocycles. The predicted molar refractivity (Wildman–Crippen MR) is 147 cm³/mol. The van der Waals surface area contributed by atoms with E-state index in [2.05, 4.69) is 12.1 Å². The largest absolute Gasteiger partial charge is 0.457 e. The highest BCUT2D eigenvalue weighted by Crippen LogP contribution is 2.29. The third kappa shape index (κ3) is 7.43. The summed E-state index contributed by atoms with van der Waals surface area (Å²) in [7, 11) is 0. The van der Waals surface area contributed by atoms with E-state index in [-0.39, 0.29) is 6.79 Å². The third-order valence-electron chi connectivity index (χ3n) is 5.66. The Morgan fingerprint density at radius 2 is 0.973 bits per heavy atom. The van der Waals surface area contributed by atoms with E-state index >= 15 is 0 Å². The zero-order valence-electron chi connectivity index (χ0n) is 21.1. The van der Waals surface area contributed by atoms with Crippen LogP contribution in [0.15, 0.2) is 84.9 Å². The van der Waals surface area contributed by atoms with Crippen molar-refractivity contribution in [2.75, 3.05) is 19.9 Å². The molecule has 0 amide bonds. The van der Waals surface area contributed by atoms with E-state index in [0.29, 0.717) is 24.2 Å². The minimum absolute atomic E-state index is 0.102. The van der Waals surface area contributed by atoms with Crippen molar-refractivity contribution in [3.8, 4) is 45.9 Å². The number of nitrogens with zero attached hydrogens (tertiary/aromatic N) is 2. The van der Waals surface area contributed by atoms with Crippen LogP contribution in [-0.4, -0.2) is 19.9 Å². The van der Waals surface area contributed by atoms with Crippen LogP contribution in [0.1, 0.15) is 22.3 Å². The van der Waals surface area contributed by atoms with Crippen molar-refractivity contribution in [3.05, 3.63) is 107 Å². The van der Waals surface area contributed by atoms with Gasteiger partial charge in [-0.05, 0) is 95.8 Å². The molecule has 37 heavy (non-hydrogen) atoms. The first-order chi connectivity index (χ1) is 18.0. The van der Waals surface area contributed by atoms with Crippen molar-refractivity contribution < 1.29 is 9.47 Å². The molecular weight excluding hydrogens is 460 g/mol. The Bertz CT molecular complexity index is 1290. The summed E-state index contributed by atoms with van der Waals surface area (Å²) < 4.78 is 11.6. The second-order valence-electron chi connectivity index (χ2n) is 8.32. The Kier molecular flexibility index (Phi) is 9.82. The van der Waals surface area contributed by atoms with Crippen molar-refractivity contribution in [1.82, 2.24) is 0 Å². The maximum absolute atomic E-state index is 8.97. The SMILES string of the molecule is Cc1cc(OCOc2ccc(-c3ccc(C#N)cc3)c(C)c2)ccc1-c1ccc(C#N)cc1.NCCN. The molecule has 6 heteroatoms. The number of nitrogens with two attached hydrogens (primary N) is 2. The Morgan fingerprint density at radius 3 is 1.27 bits per heavy atom. The van der Waals surface area contributed by atoms with Crippen molar-refractivity contribution in [2.24, 2.45) is 11.5 Å². The number of hydrogen-bond donors (Lipinski definition) is 2. The summed E-state index contributed by atoms with van der Waals surface area (Å²) in [4.78, 5) is 0. The fraction of sp³-hybridized carbons (Fsp3) is 0.161. The molecule has 0 aliphatic carbocycles. The van der Waals surface area contributed by atoms with Gasteiger partial charge in [-0.2, -0.15) is 10.5 Å². The monoisotopic (exact) mass is 490 g/mol. The first kappa shape index (κ1) is 27.0. The van der Waals surface area contributed by atoms with Crippen LogP contribution < -0.4 is 20.9 Å². The predicted octanol–water partition coefficient (Wildman–Crippen LogP) is 5.70. The van der Waals surface area contributed by atoms with Crippen LogP contribution in [0.3, 0.4) is 0 Å². The van der Waals surface area contributed by atoms with E-state index in [4.69, 9.17) is 31.5 Å². The number of benzene rings is 4. The molecule has 0 radical (unpaired) electrons. The lowest BCUT2D eigenvalue weighted by Gasteiger charge is -2.13. The van der Waals surface area contributed by atoms with Gasteiger partial charge < -0.3 is 20.9 Å². The molecular formula is C31H30N4O2. The lowest BCUT2D eigenvalue weighted by atomic mass is 9.99. The average molecular weight is 491 g/mol. The van der Waals surface area contributed by atoms with Crippen molar-refractivity contribution >= 4 is 0 Å². The van der Waals surface area contributed by atoms with Gasteiger partial charge >= 0.3 is 0 Å². The van der Waals surface area contributed by atoms with E-state index in [9.17, 15) is 0 Å². The molecule has 4 aromatic rings. The Balaban J connectivity index is 0.000000886. The summed E-state index contributed by atoms with van der Waals surface area (Å²) in [5.74, 6) is 1.46. The van der Waals surface area contributed by atoms with Gasteiger partial charge in [0.05, 0.1) is 23.3 Å². The van der Waals surface area contributed by atoms with Crippen LogP contribution in [0, 0.1) is 36.5 Å². The summed E-state index contributed by atoms with van der Waals surface area (Å²) in [6.45, 7) is 5.37. The van der Waals surface area contributed by atoms with E-state index in [1.54, 1.807) is 0 Å². The Hall–Kier alpha value is -4.62. The molecule has 0 atom stereocenters. The maximum Gasteiger partial charge on any atom is 0.230 e. The lowest BCUT2D eigenvalue weighted by molar-refractivity contribution is 0.120. The molecule has 0 aliphatic heterocycles. The minimum atomic E-state index is 0.102. The summed E-state index contributed by atoms with van der Waals surface area (Å²) >= 11 is 0. The van der Waals surface area contributed by atoms with Crippen molar-refractivity contribution in [3.63, 3.8) is 0 Å². The number of rotatable bonds is 7. The highest BCUT2D eigenvalue weighted by molar-refractivity contribution is 5.69. The zero-order chi connectivity index (χ0) is 26.6. The molecule has 0 saturated carbocycles. The van der Waals surface area contributed by atoms with Gasteiger partial charge in [0.25, 0.3) is 0 Å². The number of hydrogen-bond acceptors (Lipinski definition) is 6. The van der Waals surface area contributed by atoms with Gasteiger partial charge in [-0.15, -0.1) is 0 Å². The van der Waals surface area contributed by atoms with Crippen LogP contribution >= 0.6 is 0 Å². The van der Waals surface area contributed by atoms with Gasteiger partial charge in [-0.1, -0.05) is 36.4 Å². The summed E-state index contributed by atoms with van der Waals surface area (Å²) in [6, 6.07) is 31.2. The summed E-state index contributed by atoms with van der Waals surface area (Å²) in [5.41, 5.74) is 17.6. The molecule has 4 rings (SSSR count). The second kappa shape index (κ2) is 13.5. The molecule has 0 spiro atoms. The van der Waals surface area contributed by atoms with Crippen LogP contribution in [0.25, 0.3) is 22.3 Å². The Morgan fingerprint density at radius 1 is 0.595 bits per heavy atom. The fourth-order valence-corrected chi connectivity index (χ4v) is 3.71. The smallest absolute Gasteiger partial charge is 0.230 e. The van der Waals surface area contributed by atoms with E-state index < -0.39 is 0 Å². The fourth-order valence-electron chi connectivity index (χ4n) is 3.71. The van der Waals surface area contributed by atoms with E-state index in [0.717, 1.165) is 44.9 Å². The number of ether oxygens (including phenoxy) is 2. The topological polar surface area (TPSA) is 118 Å². The highest BCUT2D eigenvalue weighted by Gasteiger charge is 2.07. The molecule has 0 saturated heterocycles. The molecule has 0 aliphatic rings. The molecule has 186 valence electrons. The highest BCUT2D eigenvalue weighted by atomic mass is 16.7. The summed E-state index contributed by atoms with van der Waals surface area (Å²) in [5, 5.41) is 17.9. The van der Waals surface area contributed by atoms with Crippen molar-refractivity contribution in [2.45, 2.75) is 13.8 Å². The first-order valence-electron chi connectivity index (χ1n) is 11.9. The molecule has 6 nitrogen and oxygen atoms in total. The molecule has 0 fully saturated rings. The van der Waals surface area contributed by atoms with E-state index in [1.165, 1.54) is 0 Å². The van der Waals surface area contributed by atoms with Gasteiger partial charge in [0, 0.05) is 13.1 Å². The lowest BCUT2D eigenvalue weighted by Crippen LogP contribution is -2.11. The van der Waals surface area contributed by atoms with Crippen LogP contribution in [0.2, 0.25) is 0 Å². The third-order valence-corrected chi connectivity index (χ3v) is 5.66. The standard InChI is InChI=1S/C29H22N2O2.C2H8N2/c1-20-15-26(11-13-28(20)24-7-3-22(17-30)4-8-24)32-19-33-27-12-14-29(21(2)16-27)25-9-5-23(18-31)6-10-25;3-1-2-4/h3-16H,19H2,1-2H3;1-4H2. The molecule has 0 unspecified atom stereocenters. The van der Waals surface area contributed by atoms with Gasteiger partial charge in [0.2, 0.25) is 6.79 Å². The molecule has 4 aromatic carbocycles. The molecule has 0 heterocycles. The first-order valence-corrected chi connectivity index (χ1v) is 11.9. The molecule has 4 N–H and O–H groups in total. The number of nitriles is 2. The van der Waals surface area contributed by atoms with Gasteiger partial charge in [-0.3, -0.25) is 0 Å². The van der Waals surface area contributed by atoms with Crippen LogP contribution in [-0.2, 0) is 0 Å². The average Bonchev–Trinajstić information content (AvgIpc) is 2.93. The zero-order valence-corrected chi connectivity index (χ0v) is 21.1. The van der Waals surface area contributed by atoms with Crippen LogP contribution in [0.5, 0.6) is 11.5 Å². The van der Waals surface area contributed by atoms with Gasteiger partial charge in [-0.25, -0.2) is 0 Å². The van der Waals surface area contributed by atoms with Crippen molar-refractivity contribution in [1.29, 1.82) is 10.5 Å². The maximum atomic E-state index is 8.97.